The number of hydrogen-bond donors (Lipinski definition) is 1. The summed E-state index contributed by atoms with van der Waals surface area (Å²) in [5, 5.41) is 10.2. The lowest BCUT2D eigenvalue weighted by molar-refractivity contribution is -0.143. The summed E-state index contributed by atoms with van der Waals surface area (Å²) in [6.45, 7) is 1.88. The van der Waals surface area contributed by atoms with Crippen LogP contribution in [0.15, 0.2) is 18.7 Å². The largest absolute Gasteiger partial charge is 0.493 e. The van der Waals surface area contributed by atoms with E-state index in [1.165, 1.54) is 11.3 Å². The smallest absolute Gasteiger partial charge is 0.302 e. The highest BCUT2D eigenvalue weighted by Gasteiger charge is 2.32. The van der Waals surface area contributed by atoms with Crippen LogP contribution in [0, 0.1) is 5.92 Å². The molecule has 0 atom stereocenters. The van der Waals surface area contributed by atoms with E-state index in [0.29, 0.717) is 29.5 Å². The fraction of sp³-hybridized carbons (Fsp3) is 0.429. The van der Waals surface area contributed by atoms with Crippen molar-refractivity contribution >= 4 is 22.9 Å². The molecule has 0 radical (unpaired) electrons. The molecule has 3 aromatic rings. The van der Waals surface area contributed by atoms with Gasteiger partial charge in [-0.3, -0.25) is 9.20 Å². The van der Waals surface area contributed by atoms with Crippen LogP contribution in [0.1, 0.15) is 25.8 Å². The Morgan fingerprint density at radius 2 is 2.27 bits per heavy atom. The number of esters is 1. The lowest BCUT2D eigenvalue weighted by Crippen LogP contribution is -2.30. The number of aromatic hydroxyl groups is 1. The summed E-state index contributed by atoms with van der Waals surface area (Å²) in [5.41, 5.74) is 1.10. The van der Waals surface area contributed by atoms with Crippen molar-refractivity contribution in [2.24, 2.45) is 5.92 Å². The zero-order valence-corrected chi connectivity index (χ0v) is 12.0. The van der Waals surface area contributed by atoms with Crippen LogP contribution in [0.2, 0.25) is 0 Å². The summed E-state index contributed by atoms with van der Waals surface area (Å²) >= 11 is 0. The maximum Gasteiger partial charge on any atom is 0.302 e. The zero-order valence-electron chi connectivity index (χ0n) is 12.0. The zero-order chi connectivity index (χ0) is 15.3. The minimum Gasteiger partial charge on any atom is -0.493 e. The first-order valence-electron chi connectivity index (χ1n) is 7.15. The van der Waals surface area contributed by atoms with Crippen molar-refractivity contribution in [3.05, 3.63) is 18.7 Å². The fourth-order valence-electron chi connectivity index (χ4n) is 2.94. The molecule has 22 heavy (non-hydrogen) atoms. The second-order valence-electron chi connectivity index (χ2n) is 5.65. The number of fused-ring (bicyclic) bond motifs is 2. The van der Waals surface area contributed by atoms with E-state index in [4.69, 9.17) is 4.74 Å². The number of carbonyl (C=O) groups is 1. The predicted molar refractivity (Wildman–Crippen MR) is 76.3 cm³/mol. The second kappa shape index (κ2) is 4.69. The van der Waals surface area contributed by atoms with Gasteiger partial charge >= 0.3 is 5.97 Å². The van der Waals surface area contributed by atoms with Crippen LogP contribution in [-0.4, -0.2) is 41.6 Å². The topological polar surface area (TPSA) is 94.5 Å². The van der Waals surface area contributed by atoms with Crippen molar-refractivity contribution in [2.45, 2.75) is 25.8 Å². The van der Waals surface area contributed by atoms with Gasteiger partial charge in [-0.1, -0.05) is 0 Å². The fourth-order valence-corrected chi connectivity index (χ4v) is 2.94. The van der Waals surface area contributed by atoms with Gasteiger partial charge in [-0.15, -0.1) is 0 Å². The van der Waals surface area contributed by atoms with Crippen LogP contribution in [0.4, 0.5) is 0 Å². The summed E-state index contributed by atoms with van der Waals surface area (Å²) in [7, 11) is 0. The van der Waals surface area contributed by atoms with Crippen molar-refractivity contribution in [3.63, 3.8) is 0 Å². The van der Waals surface area contributed by atoms with Crippen molar-refractivity contribution in [2.75, 3.05) is 6.61 Å². The molecular formula is C14H15N5O3. The molecule has 3 aromatic heterocycles. The van der Waals surface area contributed by atoms with E-state index in [1.807, 2.05) is 4.57 Å². The summed E-state index contributed by atoms with van der Waals surface area (Å²) in [5.74, 6) is 0.620. The second-order valence-corrected chi connectivity index (χ2v) is 5.65. The SMILES string of the molecule is CC(=O)OCC1CC(n2cnc3c(O)n4ccnc4nc32)C1. The van der Waals surface area contributed by atoms with Gasteiger partial charge in [-0.25, -0.2) is 9.97 Å². The highest BCUT2D eigenvalue weighted by atomic mass is 16.5. The average Bonchev–Trinajstić information content (AvgIpc) is 3.04. The molecule has 0 saturated heterocycles. The lowest BCUT2D eigenvalue weighted by Gasteiger charge is -2.35. The Kier molecular flexibility index (Phi) is 2.78. The molecule has 0 aromatic carbocycles. The Labute approximate surface area is 125 Å². The molecule has 0 unspecified atom stereocenters. The molecule has 4 rings (SSSR count). The Morgan fingerprint density at radius 1 is 1.45 bits per heavy atom. The molecular weight excluding hydrogens is 286 g/mol. The van der Waals surface area contributed by atoms with Gasteiger partial charge in [0, 0.05) is 25.4 Å². The van der Waals surface area contributed by atoms with Crippen LogP contribution in [-0.2, 0) is 9.53 Å². The molecule has 0 amide bonds. The third kappa shape index (κ3) is 1.91. The number of ether oxygens (including phenoxy) is 1. The molecule has 114 valence electrons. The maximum absolute atomic E-state index is 10.8. The van der Waals surface area contributed by atoms with Gasteiger partial charge in [0.2, 0.25) is 11.7 Å². The molecule has 1 aliphatic carbocycles. The molecule has 1 N–H and O–H groups in total. The van der Waals surface area contributed by atoms with E-state index in [2.05, 4.69) is 15.0 Å². The molecule has 8 nitrogen and oxygen atoms in total. The number of nitrogens with zero attached hydrogens (tertiary/aromatic N) is 5. The number of carbonyl (C=O) groups excluding carboxylic acids is 1. The van der Waals surface area contributed by atoms with E-state index >= 15 is 0 Å². The van der Waals surface area contributed by atoms with Crippen LogP contribution >= 0.6 is 0 Å². The molecule has 1 fully saturated rings. The highest BCUT2D eigenvalue weighted by Crippen LogP contribution is 2.39. The molecule has 0 aliphatic heterocycles. The third-order valence-electron chi connectivity index (χ3n) is 4.16. The Morgan fingerprint density at radius 3 is 3.05 bits per heavy atom. The lowest BCUT2D eigenvalue weighted by atomic mass is 9.80. The summed E-state index contributed by atoms with van der Waals surface area (Å²) in [6.07, 6.45) is 6.74. The monoisotopic (exact) mass is 301 g/mol. The number of rotatable bonds is 3. The van der Waals surface area contributed by atoms with Gasteiger partial charge in [0.15, 0.2) is 11.2 Å². The van der Waals surface area contributed by atoms with Crippen LogP contribution in [0.25, 0.3) is 16.9 Å². The minimum atomic E-state index is -0.246. The maximum atomic E-state index is 10.8. The summed E-state index contributed by atoms with van der Waals surface area (Å²) in [4.78, 5) is 23.7. The summed E-state index contributed by atoms with van der Waals surface area (Å²) in [6, 6.07) is 0.259. The molecule has 0 bridgehead atoms. The van der Waals surface area contributed by atoms with Crippen molar-refractivity contribution in [1.29, 1.82) is 0 Å². The molecule has 0 spiro atoms. The van der Waals surface area contributed by atoms with Crippen molar-refractivity contribution in [1.82, 2.24) is 23.9 Å². The van der Waals surface area contributed by atoms with Gasteiger partial charge < -0.3 is 14.4 Å². The van der Waals surface area contributed by atoms with Gasteiger partial charge in [0.05, 0.1) is 12.9 Å². The third-order valence-corrected chi connectivity index (χ3v) is 4.16. The van der Waals surface area contributed by atoms with Gasteiger partial charge in [0.1, 0.15) is 0 Å². The van der Waals surface area contributed by atoms with Gasteiger partial charge in [-0.05, 0) is 18.8 Å². The normalized spacial score (nSPS) is 21.1. The number of hydrogen-bond acceptors (Lipinski definition) is 6. The van der Waals surface area contributed by atoms with Crippen molar-refractivity contribution < 1.29 is 14.6 Å². The predicted octanol–water partition coefficient (Wildman–Crippen LogP) is 1.30. The first-order valence-corrected chi connectivity index (χ1v) is 7.15. The Hall–Kier alpha value is -2.64. The first-order chi connectivity index (χ1) is 10.6. The quantitative estimate of drug-likeness (QED) is 0.733. The molecule has 1 saturated carbocycles. The van der Waals surface area contributed by atoms with Gasteiger partial charge in [-0.2, -0.15) is 4.98 Å². The summed E-state index contributed by atoms with van der Waals surface area (Å²) < 4.78 is 8.50. The van der Waals surface area contributed by atoms with E-state index in [1.54, 1.807) is 18.7 Å². The molecule has 3 heterocycles. The van der Waals surface area contributed by atoms with Crippen LogP contribution in [0.5, 0.6) is 5.88 Å². The van der Waals surface area contributed by atoms with E-state index < -0.39 is 0 Å². The van der Waals surface area contributed by atoms with Gasteiger partial charge in [0.25, 0.3) is 0 Å². The van der Waals surface area contributed by atoms with E-state index in [-0.39, 0.29) is 17.9 Å². The highest BCUT2D eigenvalue weighted by molar-refractivity contribution is 5.78. The van der Waals surface area contributed by atoms with Crippen LogP contribution in [0.3, 0.4) is 0 Å². The minimum absolute atomic E-state index is 0.0482. The molecule has 8 heteroatoms. The van der Waals surface area contributed by atoms with E-state index in [0.717, 1.165) is 12.8 Å². The van der Waals surface area contributed by atoms with Crippen molar-refractivity contribution in [3.8, 4) is 5.88 Å². The number of imidazole rings is 2. The Bertz CT molecular complexity index is 862. The van der Waals surface area contributed by atoms with Crippen LogP contribution < -0.4 is 0 Å². The van der Waals surface area contributed by atoms with E-state index in [9.17, 15) is 9.90 Å². The first kappa shape index (κ1) is 13.1. The Balaban J connectivity index is 1.61. The number of aromatic nitrogens is 5. The average molecular weight is 301 g/mol. The standard InChI is InChI=1S/C14H15N5O3/c1-8(20)22-6-9-4-10(5-9)19-7-16-11-12(19)17-14-15-2-3-18(14)13(11)21/h2-3,7,9-10,21H,4-6H2,1H3. The molecule has 1 aliphatic rings.